The Morgan fingerprint density at radius 1 is 1.43 bits per heavy atom. The van der Waals surface area contributed by atoms with E-state index < -0.39 is 0 Å². The van der Waals surface area contributed by atoms with Gasteiger partial charge < -0.3 is 10.1 Å². The molecule has 0 aliphatic carbocycles. The highest BCUT2D eigenvalue weighted by atomic mass is 79.9. The van der Waals surface area contributed by atoms with Crippen LogP contribution >= 0.6 is 15.9 Å². The number of hydrogen-bond donors (Lipinski definition) is 1. The van der Waals surface area contributed by atoms with Crippen LogP contribution in [0.3, 0.4) is 0 Å². The van der Waals surface area contributed by atoms with E-state index in [1.54, 1.807) is 7.11 Å². The summed E-state index contributed by atoms with van der Waals surface area (Å²) in [5, 5.41) is 7.87. The first-order valence-electron chi connectivity index (χ1n) is 7.32. The summed E-state index contributed by atoms with van der Waals surface area (Å²) >= 11 is 3.60. The second kappa shape index (κ2) is 6.62. The molecule has 0 saturated heterocycles. The van der Waals surface area contributed by atoms with Gasteiger partial charge in [-0.3, -0.25) is 4.68 Å². The summed E-state index contributed by atoms with van der Waals surface area (Å²) in [4.78, 5) is 0. The molecule has 1 aliphatic rings. The van der Waals surface area contributed by atoms with Crippen LogP contribution in [0.1, 0.15) is 23.2 Å². The van der Waals surface area contributed by atoms with Gasteiger partial charge in [0.15, 0.2) is 0 Å². The summed E-state index contributed by atoms with van der Waals surface area (Å²) in [7, 11) is 1.72. The lowest BCUT2D eigenvalue weighted by Crippen LogP contribution is -2.12. The quantitative estimate of drug-likeness (QED) is 0.900. The van der Waals surface area contributed by atoms with E-state index in [4.69, 9.17) is 4.74 Å². The van der Waals surface area contributed by atoms with Crippen LogP contribution in [0.5, 0.6) is 0 Å². The lowest BCUT2D eigenvalue weighted by atomic mass is 9.99. The third-order valence-electron chi connectivity index (χ3n) is 3.88. The molecule has 1 aromatic carbocycles. The molecule has 0 saturated carbocycles. The standard InChI is InChI=1S/C16H20BrN3O/c1-21-8-7-20-16(14(17)11-19-20)10-12-4-5-15-13(9-12)3-2-6-18-15/h4-5,9,11,18H,2-3,6-8,10H2,1H3. The zero-order valence-corrected chi connectivity index (χ0v) is 13.8. The summed E-state index contributed by atoms with van der Waals surface area (Å²) in [6.07, 6.45) is 5.13. The first kappa shape index (κ1) is 14.6. The van der Waals surface area contributed by atoms with Crippen molar-refractivity contribution in [2.45, 2.75) is 25.8 Å². The van der Waals surface area contributed by atoms with Crippen LogP contribution in [0.4, 0.5) is 5.69 Å². The van der Waals surface area contributed by atoms with E-state index in [9.17, 15) is 0 Å². The van der Waals surface area contributed by atoms with Crippen LogP contribution in [0.2, 0.25) is 0 Å². The van der Waals surface area contributed by atoms with Gasteiger partial charge in [-0.15, -0.1) is 0 Å². The molecule has 3 rings (SSSR count). The van der Waals surface area contributed by atoms with Crippen molar-refractivity contribution in [3.8, 4) is 0 Å². The van der Waals surface area contributed by atoms with E-state index in [2.05, 4.69) is 44.5 Å². The first-order valence-corrected chi connectivity index (χ1v) is 8.12. The van der Waals surface area contributed by atoms with Gasteiger partial charge in [0.25, 0.3) is 0 Å². The van der Waals surface area contributed by atoms with Crippen LogP contribution in [0.15, 0.2) is 28.9 Å². The van der Waals surface area contributed by atoms with Gasteiger partial charge in [-0.1, -0.05) is 12.1 Å². The van der Waals surface area contributed by atoms with Gasteiger partial charge in [-0.2, -0.15) is 5.10 Å². The minimum atomic E-state index is 0.676. The molecule has 0 fully saturated rings. The molecule has 1 aliphatic heterocycles. The number of halogens is 1. The fraction of sp³-hybridized carbons (Fsp3) is 0.438. The third-order valence-corrected chi connectivity index (χ3v) is 4.55. The van der Waals surface area contributed by atoms with Crippen LogP contribution in [0.25, 0.3) is 0 Å². The molecule has 1 aromatic heterocycles. The van der Waals surface area contributed by atoms with Crippen molar-refractivity contribution in [1.29, 1.82) is 0 Å². The van der Waals surface area contributed by atoms with E-state index in [1.165, 1.54) is 35.3 Å². The third kappa shape index (κ3) is 3.30. The maximum Gasteiger partial charge on any atom is 0.0658 e. The monoisotopic (exact) mass is 349 g/mol. The van der Waals surface area contributed by atoms with Gasteiger partial charge in [0.2, 0.25) is 0 Å². The fourth-order valence-electron chi connectivity index (χ4n) is 2.77. The molecule has 2 aromatic rings. The number of fused-ring (bicyclic) bond motifs is 1. The molecular weight excluding hydrogens is 330 g/mol. The van der Waals surface area contributed by atoms with E-state index in [1.807, 2.05) is 10.9 Å². The number of nitrogens with one attached hydrogen (secondary N) is 1. The fourth-order valence-corrected chi connectivity index (χ4v) is 3.20. The second-order valence-electron chi connectivity index (χ2n) is 5.35. The number of hydrogen-bond acceptors (Lipinski definition) is 3. The van der Waals surface area contributed by atoms with Gasteiger partial charge in [0, 0.05) is 25.8 Å². The topological polar surface area (TPSA) is 39.1 Å². The summed E-state index contributed by atoms with van der Waals surface area (Å²) in [6.45, 7) is 2.54. The van der Waals surface area contributed by atoms with E-state index in [0.29, 0.717) is 6.61 Å². The number of aryl methyl sites for hydroxylation is 1. The summed E-state index contributed by atoms with van der Waals surface area (Å²) in [5.74, 6) is 0. The Morgan fingerprint density at radius 2 is 2.33 bits per heavy atom. The Labute approximate surface area is 133 Å². The SMILES string of the molecule is COCCn1ncc(Br)c1Cc1ccc2c(c1)CCCN2. The van der Waals surface area contributed by atoms with Crippen molar-refractivity contribution >= 4 is 21.6 Å². The molecule has 0 radical (unpaired) electrons. The van der Waals surface area contributed by atoms with Crippen molar-refractivity contribution < 1.29 is 4.74 Å². The number of aromatic nitrogens is 2. The minimum Gasteiger partial charge on any atom is -0.385 e. The predicted octanol–water partition coefficient (Wildman–Crippen LogP) is 3.24. The van der Waals surface area contributed by atoms with Crippen LogP contribution in [0, 0.1) is 0 Å². The molecular formula is C16H20BrN3O. The highest BCUT2D eigenvalue weighted by Gasteiger charge is 2.12. The average Bonchev–Trinajstić information content (AvgIpc) is 2.86. The van der Waals surface area contributed by atoms with Crippen molar-refractivity contribution in [3.05, 3.63) is 45.7 Å². The van der Waals surface area contributed by atoms with Crippen molar-refractivity contribution in [2.24, 2.45) is 0 Å². The summed E-state index contributed by atoms with van der Waals surface area (Å²) in [6, 6.07) is 6.73. The first-order chi connectivity index (χ1) is 10.3. The summed E-state index contributed by atoms with van der Waals surface area (Å²) in [5.41, 5.74) is 5.25. The lowest BCUT2D eigenvalue weighted by Gasteiger charge is -2.19. The maximum atomic E-state index is 5.15. The summed E-state index contributed by atoms with van der Waals surface area (Å²) < 4.78 is 8.23. The molecule has 112 valence electrons. The molecule has 0 spiro atoms. The molecule has 0 unspecified atom stereocenters. The van der Waals surface area contributed by atoms with Crippen LogP contribution < -0.4 is 5.32 Å². The molecule has 1 N–H and O–H groups in total. The van der Waals surface area contributed by atoms with E-state index >= 15 is 0 Å². The minimum absolute atomic E-state index is 0.676. The van der Waals surface area contributed by atoms with Crippen molar-refractivity contribution in [3.63, 3.8) is 0 Å². The maximum absolute atomic E-state index is 5.15. The second-order valence-corrected chi connectivity index (χ2v) is 6.21. The molecule has 5 heteroatoms. The molecule has 21 heavy (non-hydrogen) atoms. The van der Waals surface area contributed by atoms with Gasteiger partial charge in [0.1, 0.15) is 0 Å². The largest absolute Gasteiger partial charge is 0.385 e. The Hall–Kier alpha value is -1.33. The van der Waals surface area contributed by atoms with Gasteiger partial charge in [-0.05, 0) is 46.0 Å². The Kier molecular flexibility index (Phi) is 4.60. The Morgan fingerprint density at radius 3 is 3.19 bits per heavy atom. The number of methoxy groups -OCH3 is 1. The molecule has 0 atom stereocenters. The predicted molar refractivity (Wildman–Crippen MR) is 87.9 cm³/mol. The normalized spacial score (nSPS) is 13.8. The van der Waals surface area contributed by atoms with Gasteiger partial charge >= 0.3 is 0 Å². The van der Waals surface area contributed by atoms with E-state index in [-0.39, 0.29) is 0 Å². The molecule has 4 nitrogen and oxygen atoms in total. The highest BCUT2D eigenvalue weighted by Crippen LogP contribution is 2.26. The van der Waals surface area contributed by atoms with Crippen molar-refractivity contribution in [2.75, 3.05) is 25.6 Å². The number of ether oxygens (including phenoxy) is 1. The lowest BCUT2D eigenvalue weighted by molar-refractivity contribution is 0.182. The zero-order chi connectivity index (χ0) is 14.7. The van der Waals surface area contributed by atoms with Gasteiger partial charge in [-0.25, -0.2) is 0 Å². The number of rotatable bonds is 5. The molecule has 0 amide bonds. The van der Waals surface area contributed by atoms with Crippen LogP contribution in [-0.2, 0) is 24.1 Å². The van der Waals surface area contributed by atoms with E-state index in [0.717, 1.165) is 24.0 Å². The number of anilines is 1. The van der Waals surface area contributed by atoms with Crippen LogP contribution in [-0.4, -0.2) is 30.0 Å². The average molecular weight is 350 g/mol. The number of nitrogens with zero attached hydrogens (tertiary/aromatic N) is 2. The molecule has 0 bridgehead atoms. The van der Waals surface area contributed by atoms with Crippen molar-refractivity contribution in [1.82, 2.24) is 9.78 Å². The zero-order valence-electron chi connectivity index (χ0n) is 12.2. The molecule has 2 heterocycles. The Bertz CT molecular complexity index is 624. The highest BCUT2D eigenvalue weighted by molar-refractivity contribution is 9.10. The van der Waals surface area contributed by atoms with Gasteiger partial charge in [0.05, 0.1) is 29.5 Å². The Balaban J connectivity index is 1.81. The number of benzene rings is 1. The smallest absolute Gasteiger partial charge is 0.0658 e.